The fourth-order valence-electron chi connectivity index (χ4n) is 4.18. The van der Waals surface area contributed by atoms with Crippen molar-refractivity contribution in [1.29, 1.82) is 0 Å². The average Bonchev–Trinajstić information content (AvgIpc) is 2.99. The number of likely N-dealkylation sites (tertiary alicyclic amines) is 1. The molecule has 2 N–H and O–H groups in total. The summed E-state index contributed by atoms with van der Waals surface area (Å²) in [5, 5.41) is 4.32. The number of fused-ring (bicyclic) bond motifs is 1. The van der Waals surface area contributed by atoms with E-state index in [0.717, 1.165) is 41.9 Å². The number of ether oxygens (including phenoxy) is 1. The lowest BCUT2D eigenvalue weighted by Gasteiger charge is -2.52. The Morgan fingerprint density at radius 2 is 2.08 bits per heavy atom. The molecule has 0 spiro atoms. The van der Waals surface area contributed by atoms with Crippen molar-refractivity contribution in [3.63, 3.8) is 0 Å². The van der Waals surface area contributed by atoms with Crippen LogP contribution in [0.1, 0.15) is 6.42 Å². The monoisotopic (exact) mass is 327 g/mol. The Balaban J connectivity index is 1.73. The highest BCUT2D eigenvalue weighted by Gasteiger charge is 2.40. The number of anilines is 2. The molecular weight excluding hydrogens is 302 g/mol. The van der Waals surface area contributed by atoms with Gasteiger partial charge in [-0.1, -0.05) is 0 Å². The normalized spacial score (nSPS) is 23.7. The van der Waals surface area contributed by atoms with Crippen LogP contribution in [0.2, 0.25) is 0 Å². The van der Waals surface area contributed by atoms with Crippen LogP contribution in [0.3, 0.4) is 0 Å². The second kappa shape index (κ2) is 5.70. The maximum Gasteiger partial charge on any atom is 0.143 e. The number of piperidine rings is 1. The van der Waals surface area contributed by atoms with Crippen molar-refractivity contribution in [3.8, 4) is 16.9 Å². The molecule has 2 saturated heterocycles. The predicted molar refractivity (Wildman–Crippen MR) is 96.3 cm³/mol. The van der Waals surface area contributed by atoms with Crippen LogP contribution in [0.25, 0.3) is 11.1 Å². The number of hydrogen-bond donors (Lipinski definition) is 1. The van der Waals surface area contributed by atoms with Gasteiger partial charge >= 0.3 is 0 Å². The molecule has 2 aliphatic heterocycles. The third-order valence-electron chi connectivity index (χ3n) is 5.49. The van der Waals surface area contributed by atoms with Crippen molar-refractivity contribution in [3.05, 3.63) is 24.5 Å². The first-order valence-corrected chi connectivity index (χ1v) is 8.48. The standard InChI is InChI=1S/C18H25N5O/c1-21-9-13-11-23(5-4-16(13)21)17-7-18(24-3)15(19)6-14(17)12-8-20-22(2)10-12/h6-8,10,13,16H,4-5,9,11,19H2,1-3H3. The highest BCUT2D eigenvalue weighted by Crippen LogP contribution is 2.41. The molecule has 0 radical (unpaired) electrons. The number of nitrogens with zero attached hydrogens (tertiary/aromatic N) is 4. The van der Waals surface area contributed by atoms with E-state index in [9.17, 15) is 0 Å². The molecule has 2 aliphatic rings. The molecular formula is C18H25N5O. The predicted octanol–water partition coefficient (Wildman–Crippen LogP) is 1.82. The molecule has 0 amide bonds. The van der Waals surface area contributed by atoms with Gasteiger partial charge in [0.15, 0.2) is 0 Å². The number of nitrogen functional groups attached to an aromatic ring is 1. The molecule has 128 valence electrons. The van der Waals surface area contributed by atoms with E-state index in [0.29, 0.717) is 5.69 Å². The van der Waals surface area contributed by atoms with E-state index in [1.54, 1.807) is 7.11 Å². The first kappa shape index (κ1) is 15.3. The van der Waals surface area contributed by atoms with Crippen molar-refractivity contribution in [2.45, 2.75) is 12.5 Å². The molecule has 1 aromatic carbocycles. The van der Waals surface area contributed by atoms with Crippen LogP contribution >= 0.6 is 0 Å². The summed E-state index contributed by atoms with van der Waals surface area (Å²) in [6.07, 6.45) is 5.14. The Kier molecular flexibility index (Phi) is 3.64. The number of aryl methyl sites for hydroxylation is 1. The lowest BCUT2D eigenvalue weighted by molar-refractivity contribution is 0.0271. The third kappa shape index (κ3) is 2.41. The van der Waals surface area contributed by atoms with Crippen LogP contribution in [0.4, 0.5) is 11.4 Å². The molecule has 2 aromatic rings. The summed E-state index contributed by atoms with van der Waals surface area (Å²) >= 11 is 0. The molecule has 0 aliphatic carbocycles. The Morgan fingerprint density at radius 3 is 2.71 bits per heavy atom. The maximum absolute atomic E-state index is 6.18. The second-order valence-electron chi connectivity index (χ2n) is 7.02. The van der Waals surface area contributed by atoms with Crippen LogP contribution in [0.5, 0.6) is 5.75 Å². The van der Waals surface area contributed by atoms with Gasteiger partial charge in [0.05, 0.1) is 19.0 Å². The summed E-state index contributed by atoms with van der Waals surface area (Å²) < 4.78 is 7.30. The van der Waals surface area contributed by atoms with Crippen molar-refractivity contribution in [1.82, 2.24) is 14.7 Å². The van der Waals surface area contributed by atoms with E-state index < -0.39 is 0 Å². The van der Waals surface area contributed by atoms with Crippen molar-refractivity contribution in [2.75, 3.05) is 44.4 Å². The molecule has 3 heterocycles. The SMILES string of the molecule is COc1cc(N2CCC3C(C2)CN3C)c(-c2cnn(C)c2)cc1N. The minimum absolute atomic E-state index is 0.665. The minimum atomic E-state index is 0.665. The summed E-state index contributed by atoms with van der Waals surface area (Å²) in [6.45, 7) is 3.34. The van der Waals surface area contributed by atoms with Gasteiger partial charge in [0.2, 0.25) is 0 Å². The van der Waals surface area contributed by atoms with Crippen molar-refractivity contribution in [2.24, 2.45) is 13.0 Å². The largest absolute Gasteiger partial charge is 0.495 e. The summed E-state index contributed by atoms with van der Waals surface area (Å²) in [6, 6.07) is 4.85. The third-order valence-corrected chi connectivity index (χ3v) is 5.49. The minimum Gasteiger partial charge on any atom is -0.495 e. The first-order chi connectivity index (χ1) is 11.6. The van der Waals surface area contributed by atoms with Gasteiger partial charge < -0.3 is 20.3 Å². The second-order valence-corrected chi connectivity index (χ2v) is 7.02. The van der Waals surface area contributed by atoms with Crippen molar-refractivity contribution < 1.29 is 4.74 Å². The molecule has 0 bridgehead atoms. The van der Waals surface area contributed by atoms with E-state index >= 15 is 0 Å². The van der Waals surface area contributed by atoms with Gasteiger partial charge in [-0.25, -0.2) is 0 Å². The van der Waals surface area contributed by atoms with E-state index in [1.165, 1.54) is 18.7 Å². The average molecular weight is 327 g/mol. The zero-order valence-corrected chi connectivity index (χ0v) is 14.6. The van der Waals surface area contributed by atoms with Gasteiger partial charge in [-0.3, -0.25) is 4.68 Å². The Labute approximate surface area is 142 Å². The van der Waals surface area contributed by atoms with Gasteiger partial charge in [0, 0.05) is 67.7 Å². The Bertz CT molecular complexity index is 756. The van der Waals surface area contributed by atoms with E-state index in [4.69, 9.17) is 10.5 Å². The molecule has 4 rings (SSSR count). The fraction of sp³-hybridized carbons (Fsp3) is 0.500. The topological polar surface area (TPSA) is 59.5 Å². The number of aromatic nitrogens is 2. The van der Waals surface area contributed by atoms with Gasteiger partial charge in [0.25, 0.3) is 0 Å². The first-order valence-electron chi connectivity index (χ1n) is 8.48. The summed E-state index contributed by atoms with van der Waals surface area (Å²) in [7, 11) is 5.84. The number of rotatable bonds is 3. The molecule has 2 fully saturated rings. The number of hydrogen-bond acceptors (Lipinski definition) is 5. The smallest absolute Gasteiger partial charge is 0.143 e. The summed E-state index contributed by atoms with van der Waals surface area (Å²) in [5.41, 5.74) is 10.3. The molecule has 2 atom stereocenters. The summed E-state index contributed by atoms with van der Waals surface area (Å²) in [4.78, 5) is 4.95. The lowest BCUT2D eigenvalue weighted by atomic mass is 9.83. The highest BCUT2D eigenvalue weighted by atomic mass is 16.5. The van der Waals surface area contributed by atoms with E-state index in [1.807, 2.05) is 30.2 Å². The Hall–Kier alpha value is -2.21. The highest BCUT2D eigenvalue weighted by molar-refractivity contribution is 5.83. The lowest BCUT2D eigenvalue weighted by Crippen LogP contribution is -2.61. The Morgan fingerprint density at radius 1 is 1.25 bits per heavy atom. The number of benzene rings is 1. The quantitative estimate of drug-likeness (QED) is 0.872. The van der Waals surface area contributed by atoms with Crippen LogP contribution in [0, 0.1) is 5.92 Å². The van der Waals surface area contributed by atoms with Crippen molar-refractivity contribution >= 4 is 11.4 Å². The van der Waals surface area contributed by atoms with Gasteiger partial charge in [-0.15, -0.1) is 0 Å². The fourth-order valence-corrected chi connectivity index (χ4v) is 4.18. The molecule has 1 aromatic heterocycles. The van der Waals surface area contributed by atoms with Gasteiger partial charge in [-0.2, -0.15) is 5.10 Å². The van der Waals surface area contributed by atoms with Gasteiger partial charge in [0.1, 0.15) is 5.75 Å². The molecule has 6 nitrogen and oxygen atoms in total. The summed E-state index contributed by atoms with van der Waals surface area (Å²) in [5.74, 6) is 1.50. The molecule has 0 saturated carbocycles. The zero-order valence-electron chi connectivity index (χ0n) is 14.6. The van der Waals surface area contributed by atoms with Gasteiger partial charge in [-0.05, 0) is 19.5 Å². The van der Waals surface area contributed by atoms with E-state index in [-0.39, 0.29) is 0 Å². The van der Waals surface area contributed by atoms with Crippen LogP contribution in [0.15, 0.2) is 24.5 Å². The number of nitrogens with two attached hydrogens (primary N) is 1. The molecule has 24 heavy (non-hydrogen) atoms. The zero-order chi connectivity index (χ0) is 16.8. The van der Waals surface area contributed by atoms with E-state index in [2.05, 4.69) is 28.0 Å². The molecule has 2 unspecified atom stereocenters. The van der Waals surface area contributed by atoms with Crippen LogP contribution in [-0.4, -0.2) is 54.5 Å². The maximum atomic E-state index is 6.18. The molecule has 6 heteroatoms. The van der Waals surface area contributed by atoms with Crippen LogP contribution < -0.4 is 15.4 Å². The number of methoxy groups -OCH3 is 1. The van der Waals surface area contributed by atoms with Crippen LogP contribution in [-0.2, 0) is 7.05 Å².